The standard InChI is InChI=1S/C16H14BrNO2/c17-12-3-7-14(8-4-12)20-15-9-5-13(6-10-15)18-16(19)11-1-2-11/h3-11H,1-2H2,(H,18,19). The van der Waals surface area contributed by atoms with Crippen LogP contribution in [0.25, 0.3) is 0 Å². The third kappa shape index (κ3) is 3.39. The molecule has 3 nitrogen and oxygen atoms in total. The lowest BCUT2D eigenvalue weighted by atomic mass is 10.3. The van der Waals surface area contributed by atoms with Gasteiger partial charge < -0.3 is 10.1 Å². The monoisotopic (exact) mass is 331 g/mol. The average Bonchev–Trinajstić information content (AvgIpc) is 3.28. The zero-order valence-corrected chi connectivity index (χ0v) is 12.4. The largest absolute Gasteiger partial charge is 0.457 e. The Morgan fingerprint density at radius 3 is 2.10 bits per heavy atom. The molecule has 0 saturated heterocycles. The molecule has 2 aromatic rings. The zero-order valence-electron chi connectivity index (χ0n) is 10.8. The Morgan fingerprint density at radius 2 is 1.55 bits per heavy atom. The number of nitrogens with one attached hydrogen (secondary N) is 1. The van der Waals surface area contributed by atoms with Crippen LogP contribution in [-0.2, 0) is 4.79 Å². The first-order chi connectivity index (χ1) is 9.70. The van der Waals surface area contributed by atoms with Gasteiger partial charge in [0.25, 0.3) is 0 Å². The van der Waals surface area contributed by atoms with Crippen molar-refractivity contribution in [2.24, 2.45) is 5.92 Å². The summed E-state index contributed by atoms with van der Waals surface area (Å²) in [5, 5.41) is 2.90. The Labute approximate surface area is 126 Å². The number of carbonyl (C=O) groups excluding carboxylic acids is 1. The van der Waals surface area contributed by atoms with Gasteiger partial charge in [-0.3, -0.25) is 4.79 Å². The van der Waals surface area contributed by atoms with E-state index < -0.39 is 0 Å². The summed E-state index contributed by atoms with van der Waals surface area (Å²) in [5.74, 6) is 1.86. The predicted molar refractivity (Wildman–Crippen MR) is 82.0 cm³/mol. The number of halogens is 1. The summed E-state index contributed by atoms with van der Waals surface area (Å²) in [6.07, 6.45) is 2.02. The molecule has 0 heterocycles. The van der Waals surface area contributed by atoms with E-state index in [9.17, 15) is 4.79 Å². The van der Waals surface area contributed by atoms with Crippen LogP contribution in [0.1, 0.15) is 12.8 Å². The zero-order chi connectivity index (χ0) is 13.9. The number of amides is 1. The number of ether oxygens (including phenoxy) is 1. The molecule has 0 atom stereocenters. The number of anilines is 1. The van der Waals surface area contributed by atoms with Crippen LogP contribution < -0.4 is 10.1 Å². The molecule has 0 aromatic heterocycles. The van der Waals surface area contributed by atoms with E-state index in [0.717, 1.165) is 34.5 Å². The summed E-state index contributed by atoms with van der Waals surface area (Å²) in [6, 6.07) is 15.1. The van der Waals surface area contributed by atoms with Crippen molar-refractivity contribution >= 4 is 27.5 Å². The quantitative estimate of drug-likeness (QED) is 0.889. The first-order valence-corrected chi connectivity index (χ1v) is 7.34. The molecule has 102 valence electrons. The van der Waals surface area contributed by atoms with E-state index >= 15 is 0 Å². The van der Waals surface area contributed by atoms with E-state index in [4.69, 9.17) is 4.74 Å². The molecule has 2 aromatic carbocycles. The molecule has 1 aliphatic rings. The summed E-state index contributed by atoms with van der Waals surface area (Å²) in [7, 11) is 0. The van der Waals surface area contributed by atoms with Gasteiger partial charge in [0, 0.05) is 16.1 Å². The molecule has 1 N–H and O–H groups in total. The fourth-order valence-corrected chi connectivity index (χ4v) is 2.10. The lowest BCUT2D eigenvalue weighted by Gasteiger charge is -2.08. The van der Waals surface area contributed by atoms with E-state index in [1.165, 1.54) is 0 Å². The lowest BCUT2D eigenvalue weighted by molar-refractivity contribution is -0.117. The number of rotatable bonds is 4. The van der Waals surface area contributed by atoms with E-state index in [-0.39, 0.29) is 11.8 Å². The van der Waals surface area contributed by atoms with Crippen LogP contribution in [-0.4, -0.2) is 5.91 Å². The smallest absolute Gasteiger partial charge is 0.227 e. The normalized spacial score (nSPS) is 13.8. The van der Waals surface area contributed by atoms with Gasteiger partial charge in [-0.15, -0.1) is 0 Å². The van der Waals surface area contributed by atoms with Crippen LogP contribution in [0, 0.1) is 5.92 Å². The SMILES string of the molecule is O=C(Nc1ccc(Oc2ccc(Br)cc2)cc1)C1CC1. The highest BCUT2D eigenvalue weighted by atomic mass is 79.9. The van der Waals surface area contributed by atoms with E-state index in [1.54, 1.807) is 0 Å². The Balaban J connectivity index is 1.63. The van der Waals surface area contributed by atoms with Gasteiger partial charge >= 0.3 is 0 Å². The molecule has 20 heavy (non-hydrogen) atoms. The molecule has 0 radical (unpaired) electrons. The summed E-state index contributed by atoms with van der Waals surface area (Å²) in [6.45, 7) is 0. The number of hydrogen-bond donors (Lipinski definition) is 1. The summed E-state index contributed by atoms with van der Waals surface area (Å²) in [5.41, 5.74) is 0.810. The minimum absolute atomic E-state index is 0.117. The van der Waals surface area contributed by atoms with Crippen molar-refractivity contribution in [2.75, 3.05) is 5.32 Å². The summed E-state index contributed by atoms with van der Waals surface area (Å²) in [4.78, 5) is 11.6. The van der Waals surface area contributed by atoms with Crippen molar-refractivity contribution in [2.45, 2.75) is 12.8 Å². The number of carbonyl (C=O) groups is 1. The van der Waals surface area contributed by atoms with Crippen LogP contribution in [0.4, 0.5) is 5.69 Å². The number of benzene rings is 2. The lowest BCUT2D eigenvalue weighted by Crippen LogP contribution is -2.12. The molecule has 1 fully saturated rings. The third-order valence-corrected chi connectivity index (χ3v) is 3.65. The highest BCUT2D eigenvalue weighted by Gasteiger charge is 2.29. The Bertz CT molecular complexity index is 603. The van der Waals surface area contributed by atoms with E-state index in [1.807, 2.05) is 48.5 Å². The maximum absolute atomic E-state index is 11.6. The molecular formula is C16H14BrNO2. The van der Waals surface area contributed by atoms with Crippen molar-refractivity contribution < 1.29 is 9.53 Å². The fraction of sp³-hybridized carbons (Fsp3) is 0.188. The van der Waals surface area contributed by atoms with Gasteiger partial charge in [0.1, 0.15) is 11.5 Å². The van der Waals surface area contributed by atoms with Crippen molar-refractivity contribution in [1.82, 2.24) is 0 Å². The molecule has 0 spiro atoms. The second-order valence-electron chi connectivity index (χ2n) is 4.84. The second kappa shape index (κ2) is 5.67. The maximum atomic E-state index is 11.6. The van der Waals surface area contributed by atoms with Gasteiger partial charge in [-0.1, -0.05) is 15.9 Å². The molecule has 3 rings (SSSR count). The Morgan fingerprint density at radius 1 is 1.00 bits per heavy atom. The van der Waals surface area contributed by atoms with Crippen molar-refractivity contribution in [3.8, 4) is 11.5 Å². The van der Waals surface area contributed by atoms with Gasteiger partial charge in [0.15, 0.2) is 0 Å². The first-order valence-electron chi connectivity index (χ1n) is 6.55. The second-order valence-corrected chi connectivity index (χ2v) is 5.76. The highest BCUT2D eigenvalue weighted by Crippen LogP contribution is 2.30. The van der Waals surface area contributed by atoms with Crippen molar-refractivity contribution in [3.63, 3.8) is 0 Å². The molecule has 4 heteroatoms. The topological polar surface area (TPSA) is 38.3 Å². The summed E-state index contributed by atoms with van der Waals surface area (Å²) >= 11 is 3.38. The average molecular weight is 332 g/mol. The van der Waals surface area contributed by atoms with Crippen LogP contribution in [0.5, 0.6) is 11.5 Å². The Kier molecular flexibility index (Phi) is 3.74. The predicted octanol–water partition coefficient (Wildman–Crippen LogP) is 4.59. The van der Waals surface area contributed by atoms with Crippen molar-refractivity contribution in [3.05, 3.63) is 53.0 Å². The molecule has 1 amide bonds. The maximum Gasteiger partial charge on any atom is 0.227 e. The van der Waals surface area contributed by atoms with Gasteiger partial charge in [-0.2, -0.15) is 0 Å². The number of hydrogen-bond acceptors (Lipinski definition) is 2. The minimum Gasteiger partial charge on any atom is -0.457 e. The van der Waals surface area contributed by atoms with E-state index in [2.05, 4.69) is 21.2 Å². The van der Waals surface area contributed by atoms with Crippen LogP contribution in [0.2, 0.25) is 0 Å². The van der Waals surface area contributed by atoms with Gasteiger partial charge in [0.05, 0.1) is 0 Å². The van der Waals surface area contributed by atoms with Crippen LogP contribution >= 0.6 is 15.9 Å². The van der Waals surface area contributed by atoms with Gasteiger partial charge in [-0.25, -0.2) is 0 Å². The van der Waals surface area contributed by atoms with Gasteiger partial charge in [0.2, 0.25) is 5.91 Å². The molecule has 0 aliphatic heterocycles. The summed E-state index contributed by atoms with van der Waals surface area (Å²) < 4.78 is 6.74. The first kappa shape index (κ1) is 13.2. The molecule has 1 saturated carbocycles. The third-order valence-electron chi connectivity index (χ3n) is 3.12. The van der Waals surface area contributed by atoms with Crippen LogP contribution in [0.3, 0.4) is 0 Å². The molecule has 0 bridgehead atoms. The molecule has 1 aliphatic carbocycles. The highest BCUT2D eigenvalue weighted by molar-refractivity contribution is 9.10. The fourth-order valence-electron chi connectivity index (χ4n) is 1.83. The minimum atomic E-state index is 0.117. The van der Waals surface area contributed by atoms with E-state index in [0.29, 0.717) is 0 Å². The molecule has 0 unspecified atom stereocenters. The molecular weight excluding hydrogens is 318 g/mol. The Hall–Kier alpha value is -1.81. The van der Waals surface area contributed by atoms with Gasteiger partial charge in [-0.05, 0) is 61.4 Å². The van der Waals surface area contributed by atoms with Crippen molar-refractivity contribution in [1.29, 1.82) is 0 Å². The van der Waals surface area contributed by atoms with Crippen LogP contribution in [0.15, 0.2) is 53.0 Å².